The Kier molecular flexibility index (Phi) is 5.74. The number of hydrogen-bond acceptors (Lipinski definition) is 5. The van der Waals surface area contributed by atoms with Crippen LogP contribution in [0, 0.1) is 13.8 Å². The number of aryl methyl sites for hydroxylation is 2. The number of aromatic nitrogens is 4. The van der Waals surface area contributed by atoms with Crippen molar-refractivity contribution in [1.82, 2.24) is 19.6 Å². The molecular formula is C21H27N5OS. The maximum Gasteiger partial charge on any atom is 0.253 e. The first-order valence-corrected chi connectivity index (χ1v) is 10.6. The monoisotopic (exact) mass is 397 g/mol. The molecule has 3 rings (SSSR count). The normalized spacial score (nSPS) is 11.8. The molecule has 148 valence electrons. The second kappa shape index (κ2) is 7.91. The molecule has 7 heteroatoms. The van der Waals surface area contributed by atoms with Crippen LogP contribution in [0.5, 0.6) is 0 Å². The predicted octanol–water partition coefficient (Wildman–Crippen LogP) is 4.33. The summed E-state index contributed by atoms with van der Waals surface area (Å²) in [4.78, 5) is 21.4. The Morgan fingerprint density at radius 1 is 1.14 bits per heavy atom. The molecule has 0 aliphatic carbocycles. The summed E-state index contributed by atoms with van der Waals surface area (Å²) >= 11 is 1.49. The number of amides is 1. The highest BCUT2D eigenvalue weighted by Crippen LogP contribution is 2.24. The first-order valence-electron chi connectivity index (χ1n) is 9.36. The summed E-state index contributed by atoms with van der Waals surface area (Å²) in [6, 6.07) is 8.05. The number of fused-ring (bicyclic) bond motifs is 1. The van der Waals surface area contributed by atoms with E-state index in [2.05, 4.69) is 53.3 Å². The summed E-state index contributed by atoms with van der Waals surface area (Å²) in [5.74, 6) is 0.595. The van der Waals surface area contributed by atoms with Gasteiger partial charge in [-0.05, 0) is 55.2 Å². The zero-order valence-corrected chi connectivity index (χ0v) is 18.1. The van der Waals surface area contributed by atoms with E-state index >= 15 is 0 Å². The van der Waals surface area contributed by atoms with Crippen molar-refractivity contribution in [3.8, 4) is 0 Å². The van der Waals surface area contributed by atoms with Crippen LogP contribution in [0.1, 0.15) is 49.7 Å². The van der Waals surface area contributed by atoms with Gasteiger partial charge in [0.1, 0.15) is 0 Å². The molecule has 0 bridgehead atoms. The number of carbonyl (C=O) groups excluding carboxylic acids is 1. The molecule has 0 saturated carbocycles. The molecule has 1 N–H and O–H groups in total. The standard InChI is InChI=1S/C21H27N5OS/c1-13-17(14(2)26-19(22-13)24-20(25-26)28-6)11-12-18(27)23-16-9-7-15(8-10-16)21(3,4)5/h7-10H,11-12H2,1-6H3,(H,23,27). The topological polar surface area (TPSA) is 72.2 Å². The maximum absolute atomic E-state index is 12.4. The van der Waals surface area contributed by atoms with Crippen molar-refractivity contribution in [2.24, 2.45) is 0 Å². The Morgan fingerprint density at radius 2 is 1.82 bits per heavy atom. The molecule has 0 atom stereocenters. The zero-order valence-electron chi connectivity index (χ0n) is 17.3. The maximum atomic E-state index is 12.4. The summed E-state index contributed by atoms with van der Waals surface area (Å²) in [6.07, 6.45) is 2.94. The minimum Gasteiger partial charge on any atom is -0.326 e. The van der Waals surface area contributed by atoms with Crippen LogP contribution in [0.15, 0.2) is 29.4 Å². The number of nitrogens with zero attached hydrogens (tertiary/aromatic N) is 4. The fourth-order valence-electron chi connectivity index (χ4n) is 3.15. The van der Waals surface area contributed by atoms with Gasteiger partial charge in [-0.2, -0.15) is 4.98 Å². The predicted molar refractivity (Wildman–Crippen MR) is 114 cm³/mol. The summed E-state index contributed by atoms with van der Waals surface area (Å²) < 4.78 is 1.76. The lowest BCUT2D eigenvalue weighted by atomic mass is 9.87. The number of benzene rings is 1. The Morgan fingerprint density at radius 3 is 2.43 bits per heavy atom. The van der Waals surface area contributed by atoms with E-state index in [9.17, 15) is 4.79 Å². The van der Waals surface area contributed by atoms with Crippen LogP contribution in [-0.4, -0.2) is 31.7 Å². The van der Waals surface area contributed by atoms with Crippen LogP contribution in [0.25, 0.3) is 5.78 Å². The third-order valence-corrected chi connectivity index (χ3v) is 5.39. The lowest BCUT2D eigenvalue weighted by molar-refractivity contribution is -0.116. The smallest absolute Gasteiger partial charge is 0.253 e. The number of nitrogens with one attached hydrogen (secondary N) is 1. The highest BCUT2D eigenvalue weighted by molar-refractivity contribution is 7.98. The fourth-order valence-corrected chi connectivity index (χ4v) is 3.49. The summed E-state index contributed by atoms with van der Waals surface area (Å²) in [5.41, 5.74) is 5.09. The van der Waals surface area contributed by atoms with E-state index in [4.69, 9.17) is 0 Å². The molecule has 6 nitrogen and oxygen atoms in total. The van der Waals surface area contributed by atoms with E-state index in [1.165, 1.54) is 17.3 Å². The van der Waals surface area contributed by atoms with E-state index in [0.717, 1.165) is 22.6 Å². The van der Waals surface area contributed by atoms with Crippen LogP contribution in [0.4, 0.5) is 5.69 Å². The average molecular weight is 398 g/mol. The Labute approximate surface area is 170 Å². The lowest BCUT2D eigenvalue weighted by Gasteiger charge is -2.19. The van der Waals surface area contributed by atoms with Gasteiger partial charge in [0, 0.05) is 23.5 Å². The van der Waals surface area contributed by atoms with Gasteiger partial charge in [-0.1, -0.05) is 44.7 Å². The van der Waals surface area contributed by atoms with Crippen LogP contribution >= 0.6 is 11.8 Å². The molecule has 1 aromatic carbocycles. The van der Waals surface area contributed by atoms with E-state index in [0.29, 0.717) is 23.8 Å². The molecule has 28 heavy (non-hydrogen) atoms. The molecule has 1 amide bonds. The average Bonchev–Trinajstić information content (AvgIpc) is 3.04. The molecule has 3 aromatic rings. The number of carbonyl (C=O) groups is 1. The van der Waals surface area contributed by atoms with E-state index < -0.39 is 0 Å². The summed E-state index contributed by atoms with van der Waals surface area (Å²) in [6.45, 7) is 10.5. The number of rotatable bonds is 5. The fraction of sp³-hybridized carbons (Fsp3) is 0.429. The molecule has 0 spiro atoms. The Bertz CT molecular complexity index is 1000. The third kappa shape index (κ3) is 4.35. The zero-order chi connectivity index (χ0) is 20.5. The van der Waals surface area contributed by atoms with Crippen molar-refractivity contribution in [2.75, 3.05) is 11.6 Å². The highest BCUT2D eigenvalue weighted by Gasteiger charge is 2.15. The molecule has 0 saturated heterocycles. The second-order valence-electron chi connectivity index (χ2n) is 7.95. The number of anilines is 1. The van der Waals surface area contributed by atoms with Crippen molar-refractivity contribution >= 4 is 29.1 Å². The SMILES string of the molecule is CSc1nc2nc(C)c(CCC(=O)Nc3ccc(C(C)(C)C)cc3)c(C)n2n1. The molecule has 0 unspecified atom stereocenters. The lowest BCUT2D eigenvalue weighted by Crippen LogP contribution is -2.15. The van der Waals surface area contributed by atoms with Crippen LogP contribution < -0.4 is 5.32 Å². The molecule has 0 fully saturated rings. The molecule has 0 aliphatic rings. The highest BCUT2D eigenvalue weighted by atomic mass is 32.2. The minimum atomic E-state index is -0.00852. The first kappa shape index (κ1) is 20.3. The first-order chi connectivity index (χ1) is 13.2. The van der Waals surface area contributed by atoms with Gasteiger partial charge in [0.15, 0.2) is 0 Å². The quantitative estimate of drug-likeness (QED) is 0.649. The van der Waals surface area contributed by atoms with Crippen molar-refractivity contribution in [1.29, 1.82) is 0 Å². The molecule has 0 radical (unpaired) electrons. The van der Waals surface area contributed by atoms with Gasteiger partial charge in [0.25, 0.3) is 5.78 Å². The Balaban J connectivity index is 1.69. The van der Waals surface area contributed by atoms with Gasteiger partial charge in [-0.25, -0.2) is 9.50 Å². The van der Waals surface area contributed by atoms with Crippen LogP contribution in [0.2, 0.25) is 0 Å². The van der Waals surface area contributed by atoms with Crippen molar-refractivity contribution < 1.29 is 4.79 Å². The van der Waals surface area contributed by atoms with Crippen molar-refractivity contribution in [2.45, 2.75) is 58.0 Å². The summed E-state index contributed by atoms with van der Waals surface area (Å²) in [7, 11) is 0. The van der Waals surface area contributed by atoms with Crippen molar-refractivity contribution in [3.63, 3.8) is 0 Å². The summed E-state index contributed by atoms with van der Waals surface area (Å²) in [5, 5.41) is 8.14. The van der Waals surface area contributed by atoms with E-state index in [1.54, 1.807) is 4.52 Å². The van der Waals surface area contributed by atoms with Crippen LogP contribution in [0.3, 0.4) is 0 Å². The third-order valence-electron chi connectivity index (χ3n) is 4.85. The number of hydrogen-bond donors (Lipinski definition) is 1. The van der Waals surface area contributed by atoms with Crippen LogP contribution in [-0.2, 0) is 16.6 Å². The Hall–Kier alpha value is -2.41. The van der Waals surface area contributed by atoms with Gasteiger partial charge in [-0.15, -0.1) is 5.10 Å². The molecule has 2 aromatic heterocycles. The van der Waals surface area contributed by atoms with E-state index in [1.807, 2.05) is 32.2 Å². The molecule has 2 heterocycles. The van der Waals surface area contributed by atoms with Gasteiger partial charge in [0.2, 0.25) is 11.1 Å². The minimum absolute atomic E-state index is 0.00852. The van der Waals surface area contributed by atoms with Gasteiger partial charge < -0.3 is 5.32 Å². The van der Waals surface area contributed by atoms with Gasteiger partial charge in [-0.3, -0.25) is 4.79 Å². The van der Waals surface area contributed by atoms with Crippen molar-refractivity contribution in [3.05, 3.63) is 46.8 Å². The second-order valence-corrected chi connectivity index (χ2v) is 8.72. The largest absolute Gasteiger partial charge is 0.326 e. The molecular weight excluding hydrogens is 370 g/mol. The van der Waals surface area contributed by atoms with Gasteiger partial charge >= 0.3 is 0 Å². The number of thioether (sulfide) groups is 1. The van der Waals surface area contributed by atoms with Gasteiger partial charge in [0.05, 0.1) is 0 Å². The van der Waals surface area contributed by atoms with E-state index in [-0.39, 0.29) is 11.3 Å². The molecule has 0 aliphatic heterocycles.